The van der Waals surface area contributed by atoms with Crippen LogP contribution in [0.25, 0.3) is 0 Å². The van der Waals surface area contributed by atoms with E-state index in [0.29, 0.717) is 30.7 Å². The van der Waals surface area contributed by atoms with Gasteiger partial charge in [-0.1, -0.05) is 18.2 Å². The number of amides is 1. The summed E-state index contributed by atoms with van der Waals surface area (Å²) in [5.74, 6) is 0.748. The quantitative estimate of drug-likeness (QED) is 0.683. The van der Waals surface area contributed by atoms with Gasteiger partial charge in [0, 0.05) is 42.9 Å². The molecule has 28 heavy (non-hydrogen) atoms. The van der Waals surface area contributed by atoms with E-state index in [2.05, 4.69) is 4.98 Å². The van der Waals surface area contributed by atoms with Crippen LogP contribution >= 0.6 is 0 Å². The zero-order valence-electron chi connectivity index (χ0n) is 16.6. The van der Waals surface area contributed by atoms with Gasteiger partial charge in [-0.05, 0) is 57.4 Å². The topological polar surface area (TPSA) is 59.5 Å². The van der Waals surface area contributed by atoms with E-state index >= 15 is 0 Å². The number of Topliss-reactive ketones (excluding diaryl/α,β-unsaturated/α-hetero) is 1. The van der Waals surface area contributed by atoms with E-state index in [0.717, 1.165) is 25.1 Å². The van der Waals surface area contributed by atoms with E-state index in [1.165, 1.54) is 0 Å². The molecular formula is C23H28N2O3. The molecule has 5 heteroatoms. The van der Waals surface area contributed by atoms with Crippen molar-refractivity contribution >= 4 is 11.7 Å². The van der Waals surface area contributed by atoms with Gasteiger partial charge in [0.2, 0.25) is 5.91 Å². The van der Waals surface area contributed by atoms with Gasteiger partial charge in [-0.2, -0.15) is 0 Å². The zero-order valence-corrected chi connectivity index (χ0v) is 16.6. The minimum absolute atomic E-state index is 0.0623. The first-order valence-corrected chi connectivity index (χ1v) is 10.0. The van der Waals surface area contributed by atoms with E-state index in [9.17, 15) is 9.59 Å². The number of likely N-dealkylation sites (tertiary alicyclic amines) is 1. The lowest BCUT2D eigenvalue weighted by atomic mass is 9.89. The fraction of sp³-hybridized carbons (Fsp3) is 0.435. The van der Waals surface area contributed by atoms with Crippen molar-refractivity contribution < 1.29 is 14.3 Å². The number of carbonyl (C=O) groups excluding carboxylic acids is 2. The highest BCUT2D eigenvalue weighted by molar-refractivity contribution is 5.98. The molecule has 1 saturated heterocycles. The largest absolute Gasteiger partial charge is 0.491 e. The molecule has 1 atom stereocenters. The maximum Gasteiger partial charge on any atom is 0.222 e. The first kappa shape index (κ1) is 20.1. The Morgan fingerprint density at radius 3 is 2.82 bits per heavy atom. The molecule has 1 fully saturated rings. The van der Waals surface area contributed by atoms with Crippen molar-refractivity contribution in [3.05, 3.63) is 59.9 Å². The third kappa shape index (κ3) is 5.41. The summed E-state index contributed by atoms with van der Waals surface area (Å²) in [5.41, 5.74) is 1.58. The molecule has 2 aromatic rings. The minimum Gasteiger partial charge on any atom is -0.491 e. The third-order valence-electron chi connectivity index (χ3n) is 4.96. The van der Waals surface area contributed by atoms with E-state index in [1.54, 1.807) is 6.20 Å². The number of carbonyl (C=O) groups is 2. The van der Waals surface area contributed by atoms with Gasteiger partial charge in [0.25, 0.3) is 0 Å². The van der Waals surface area contributed by atoms with Gasteiger partial charge in [0.05, 0.1) is 6.10 Å². The van der Waals surface area contributed by atoms with Crippen LogP contribution in [-0.2, 0) is 11.2 Å². The highest BCUT2D eigenvalue weighted by atomic mass is 16.5. The third-order valence-corrected chi connectivity index (χ3v) is 4.96. The Morgan fingerprint density at radius 2 is 2.07 bits per heavy atom. The highest BCUT2D eigenvalue weighted by Crippen LogP contribution is 2.24. The predicted octanol–water partition coefficient (Wildman–Crippen LogP) is 3.92. The Kier molecular flexibility index (Phi) is 6.80. The van der Waals surface area contributed by atoms with Gasteiger partial charge >= 0.3 is 0 Å². The maximum atomic E-state index is 13.0. The molecule has 1 aliphatic rings. The van der Waals surface area contributed by atoms with Crippen molar-refractivity contribution in [1.29, 1.82) is 0 Å². The minimum atomic E-state index is -0.151. The normalized spacial score (nSPS) is 16.8. The van der Waals surface area contributed by atoms with Crippen LogP contribution in [0.3, 0.4) is 0 Å². The van der Waals surface area contributed by atoms with Gasteiger partial charge in [-0.15, -0.1) is 0 Å². The molecular weight excluding hydrogens is 352 g/mol. The summed E-state index contributed by atoms with van der Waals surface area (Å²) in [4.78, 5) is 31.7. The first-order chi connectivity index (χ1) is 13.5. The number of benzene rings is 1. The van der Waals surface area contributed by atoms with Gasteiger partial charge in [-0.25, -0.2) is 0 Å². The molecule has 5 nitrogen and oxygen atoms in total. The molecule has 148 valence electrons. The molecule has 1 aromatic heterocycles. The Bertz CT molecular complexity index is 805. The zero-order chi connectivity index (χ0) is 19.9. The van der Waals surface area contributed by atoms with Crippen LogP contribution < -0.4 is 4.74 Å². The van der Waals surface area contributed by atoms with Gasteiger partial charge in [0.15, 0.2) is 5.78 Å². The maximum absolute atomic E-state index is 13.0. The molecule has 3 rings (SSSR count). The van der Waals surface area contributed by atoms with E-state index in [4.69, 9.17) is 4.74 Å². The molecule has 2 heterocycles. The van der Waals surface area contributed by atoms with Crippen LogP contribution in [-0.4, -0.2) is 40.8 Å². The van der Waals surface area contributed by atoms with Gasteiger partial charge in [-0.3, -0.25) is 14.6 Å². The molecule has 0 unspecified atom stereocenters. The standard InChI is InChI=1S/C23H28N2O3/c1-17(2)28-21-10-5-7-18(15-21)23(27)19-8-6-14-25(16-19)22(26)12-11-20-9-3-4-13-24-20/h3-5,7,9-10,13,15,17,19H,6,8,11-12,14,16H2,1-2H3/t19-/m1/s1. The van der Waals surface area contributed by atoms with Crippen LogP contribution in [0.2, 0.25) is 0 Å². The summed E-state index contributed by atoms with van der Waals surface area (Å²) in [6.45, 7) is 5.14. The summed E-state index contributed by atoms with van der Waals surface area (Å²) in [7, 11) is 0. The molecule has 1 aliphatic heterocycles. The molecule has 1 aromatic carbocycles. The molecule has 0 saturated carbocycles. The second-order valence-electron chi connectivity index (χ2n) is 7.56. The number of piperidine rings is 1. The Hall–Kier alpha value is -2.69. The van der Waals surface area contributed by atoms with Gasteiger partial charge in [0.1, 0.15) is 5.75 Å². The highest BCUT2D eigenvalue weighted by Gasteiger charge is 2.29. The number of hydrogen-bond donors (Lipinski definition) is 0. The first-order valence-electron chi connectivity index (χ1n) is 10.0. The van der Waals surface area contributed by atoms with Crippen molar-refractivity contribution in [3.63, 3.8) is 0 Å². The average Bonchev–Trinajstić information content (AvgIpc) is 2.72. The second-order valence-corrected chi connectivity index (χ2v) is 7.56. The fourth-order valence-electron chi connectivity index (χ4n) is 3.59. The predicted molar refractivity (Wildman–Crippen MR) is 108 cm³/mol. The molecule has 0 spiro atoms. The summed E-state index contributed by atoms with van der Waals surface area (Å²) in [6, 6.07) is 13.1. The smallest absolute Gasteiger partial charge is 0.222 e. The van der Waals surface area contributed by atoms with Crippen molar-refractivity contribution in [2.45, 2.75) is 45.6 Å². The fourth-order valence-corrected chi connectivity index (χ4v) is 3.59. The number of rotatable bonds is 7. The number of aryl methyl sites for hydroxylation is 1. The van der Waals surface area contributed by atoms with Crippen LogP contribution in [0.4, 0.5) is 0 Å². The van der Waals surface area contributed by atoms with Crippen molar-refractivity contribution in [3.8, 4) is 5.75 Å². The summed E-state index contributed by atoms with van der Waals surface area (Å²) in [6.07, 6.45) is 4.53. The lowest BCUT2D eigenvalue weighted by molar-refractivity contribution is -0.132. The van der Waals surface area contributed by atoms with E-state index in [1.807, 2.05) is 61.2 Å². The van der Waals surface area contributed by atoms with Crippen molar-refractivity contribution in [2.24, 2.45) is 5.92 Å². The van der Waals surface area contributed by atoms with Crippen LogP contribution in [0.15, 0.2) is 48.7 Å². The number of ketones is 1. The summed E-state index contributed by atoms with van der Waals surface area (Å²) in [5, 5.41) is 0. The summed E-state index contributed by atoms with van der Waals surface area (Å²) >= 11 is 0. The molecule has 0 aliphatic carbocycles. The van der Waals surface area contributed by atoms with Crippen molar-refractivity contribution in [1.82, 2.24) is 9.88 Å². The van der Waals surface area contributed by atoms with Crippen LogP contribution in [0.1, 0.15) is 49.2 Å². The Morgan fingerprint density at radius 1 is 1.21 bits per heavy atom. The number of aromatic nitrogens is 1. The van der Waals surface area contributed by atoms with Crippen LogP contribution in [0.5, 0.6) is 5.75 Å². The van der Waals surface area contributed by atoms with Crippen molar-refractivity contribution in [2.75, 3.05) is 13.1 Å². The number of hydrogen-bond acceptors (Lipinski definition) is 4. The Balaban J connectivity index is 1.59. The molecule has 0 N–H and O–H groups in total. The second kappa shape index (κ2) is 9.49. The number of pyridine rings is 1. The molecule has 1 amide bonds. The van der Waals surface area contributed by atoms with Gasteiger partial charge < -0.3 is 9.64 Å². The lowest BCUT2D eigenvalue weighted by Gasteiger charge is -2.32. The summed E-state index contributed by atoms with van der Waals surface area (Å²) < 4.78 is 5.70. The SMILES string of the molecule is CC(C)Oc1cccc(C(=O)[C@@H]2CCCN(C(=O)CCc3ccccn3)C2)c1. The molecule has 0 bridgehead atoms. The lowest BCUT2D eigenvalue weighted by Crippen LogP contribution is -2.42. The van der Waals surface area contributed by atoms with Crippen LogP contribution in [0, 0.1) is 5.92 Å². The average molecular weight is 380 g/mol. The van der Waals surface area contributed by atoms with E-state index in [-0.39, 0.29) is 23.7 Å². The Labute approximate surface area is 166 Å². The number of ether oxygens (including phenoxy) is 1. The number of nitrogens with zero attached hydrogens (tertiary/aromatic N) is 2. The van der Waals surface area contributed by atoms with E-state index < -0.39 is 0 Å². The monoisotopic (exact) mass is 380 g/mol. The molecule has 0 radical (unpaired) electrons.